The number of pyridine rings is 1. The first kappa shape index (κ1) is 17.0. The van der Waals surface area contributed by atoms with E-state index in [0.717, 1.165) is 39.6 Å². The maximum Gasteiger partial charge on any atom is 0.261 e. The van der Waals surface area contributed by atoms with E-state index in [1.165, 1.54) is 0 Å². The normalized spacial score (nSPS) is 15.4. The number of benzene rings is 2. The van der Waals surface area contributed by atoms with Crippen LogP contribution in [0.2, 0.25) is 0 Å². The van der Waals surface area contributed by atoms with E-state index in [2.05, 4.69) is 38.8 Å². The van der Waals surface area contributed by atoms with Crippen LogP contribution in [0, 0.1) is 0 Å². The number of nitrogens with zero attached hydrogens (tertiary/aromatic N) is 1. The molecule has 4 nitrogen and oxygen atoms in total. The zero-order valence-corrected chi connectivity index (χ0v) is 16.3. The third-order valence-corrected chi connectivity index (χ3v) is 5.51. The minimum atomic E-state index is -0.359. The maximum atomic E-state index is 13.0. The summed E-state index contributed by atoms with van der Waals surface area (Å²) >= 11 is 3.49. The molecule has 0 saturated carbocycles. The van der Waals surface area contributed by atoms with Crippen LogP contribution in [0.1, 0.15) is 41.4 Å². The molecule has 132 valence electrons. The van der Waals surface area contributed by atoms with Crippen LogP contribution < -0.4 is 10.7 Å². The van der Waals surface area contributed by atoms with Crippen LogP contribution in [-0.4, -0.2) is 10.5 Å². The largest absolute Gasteiger partial charge is 0.343 e. The number of carbonyl (C=O) groups excluding carboxylic acids is 1. The van der Waals surface area contributed by atoms with E-state index >= 15 is 0 Å². The molecule has 1 aliphatic heterocycles. The second kappa shape index (κ2) is 6.40. The lowest BCUT2D eigenvalue weighted by atomic mass is 10.1. The van der Waals surface area contributed by atoms with Crippen LogP contribution in [0.15, 0.2) is 51.9 Å². The molecule has 0 unspecified atom stereocenters. The first-order valence-electron chi connectivity index (χ1n) is 8.76. The van der Waals surface area contributed by atoms with Crippen molar-refractivity contribution in [2.45, 2.75) is 32.7 Å². The van der Waals surface area contributed by atoms with Gasteiger partial charge in [0.15, 0.2) is 0 Å². The van der Waals surface area contributed by atoms with Crippen LogP contribution in [0.4, 0.5) is 5.69 Å². The molecule has 5 heteroatoms. The highest BCUT2D eigenvalue weighted by atomic mass is 79.9. The van der Waals surface area contributed by atoms with Crippen molar-refractivity contribution in [3.8, 4) is 0 Å². The Kier molecular flexibility index (Phi) is 4.19. The van der Waals surface area contributed by atoms with Crippen molar-refractivity contribution in [3.63, 3.8) is 0 Å². The Morgan fingerprint density at radius 3 is 2.85 bits per heavy atom. The second-order valence-electron chi connectivity index (χ2n) is 6.76. The molecular formula is C21H19BrN2O2. The SMILES string of the molecule is CCc1ccccc1NC(=O)c1cn2c3c(cc(Br)cc3c1=O)C[C@H]2C. The number of carbonyl (C=O) groups is 1. The van der Waals surface area contributed by atoms with Gasteiger partial charge in [-0.05, 0) is 49.1 Å². The summed E-state index contributed by atoms with van der Waals surface area (Å²) in [4.78, 5) is 25.9. The van der Waals surface area contributed by atoms with E-state index in [0.29, 0.717) is 5.39 Å². The lowest BCUT2D eigenvalue weighted by Gasteiger charge is -2.14. The van der Waals surface area contributed by atoms with Crippen molar-refractivity contribution in [3.05, 3.63) is 74.0 Å². The van der Waals surface area contributed by atoms with Gasteiger partial charge in [-0.1, -0.05) is 41.1 Å². The van der Waals surface area contributed by atoms with E-state index in [9.17, 15) is 9.59 Å². The van der Waals surface area contributed by atoms with Crippen molar-refractivity contribution in [1.29, 1.82) is 0 Å². The highest BCUT2D eigenvalue weighted by molar-refractivity contribution is 9.10. The number of rotatable bonds is 3. The Morgan fingerprint density at radius 1 is 1.31 bits per heavy atom. The van der Waals surface area contributed by atoms with Gasteiger partial charge >= 0.3 is 0 Å². The van der Waals surface area contributed by atoms with Gasteiger partial charge in [0.2, 0.25) is 5.43 Å². The van der Waals surface area contributed by atoms with Crippen molar-refractivity contribution in [2.24, 2.45) is 0 Å². The van der Waals surface area contributed by atoms with Gasteiger partial charge in [0.05, 0.1) is 5.52 Å². The molecule has 1 amide bonds. The van der Waals surface area contributed by atoms with Crippen molar-refractivity contribution in [1.82, 2.24) is 4.57 Å². The van der Waals surface area contributed by atoms with Crippen molar-refractivity contribution in [2.75, 3.05) is 5.32 Å². The Hall–Kier alpha value is -2.40. The predicted octanol–water partition coefficient (Wildman–Crippen LogP) is 4.70. The smallest absolute Gasteiger partial charge is 0.261 e. The molecule has 0 radical (unpaired) electrons. The van der Waals surface area contributed by atoms with Gasteiger partial charge in [-0.25, -0.2) is 0 Å². The fourth-order valence-electron chi connectivity index (χ4n) is 3.76. The van der Waals surface area contributed by atoms with Crippen LogP contribution >= 0.6 is 15.9 Å². The molecule has 1 atom stereocenters. The second-order valence-corrected chi connectivity index (χ2v) is 7.67. The third kappa shape index (κ3) is 2.67. The van der Waals surface area contributed by atoms with Crippen LogP contribution in [-0.2, 0) is 12.8 Å². The van der Waals surface area contributed by atoms with Gasteiger partial charge in [0, 0.05) is 27.8 Å². The Morgan fingerprint density at radius 2 is 2.08 bits per heavy atom. The quantitative estimate of drug-likeness (QED) is 0.680. The Bertz CT molecular complexity index is 1100. The summed E-state index contributed by atoms with van der Waals surface area (Å²) < 4.78 is 2.92. The number of aryl methyl sites for hydroxylation is 1. The zero-order chi connectivity index (χ0) is 18.4. The average Bonchev–Trinajstić information content (AvgIpc) is 2.93. The summed E-state index contributed by atoms with van der Waals surface area (Å²) in [6, 6.07) is 11.8. The van der Waals surface area contributed by atoms with Crippen LogP contribution in [0.5, 0.6) is 0 Å². The molecule has 26 heavy (non-hydrogen) atoms. The Labute approximate surface area is 160 Å². The highest BCUT2D eigenvalue weighted by Gasteiger charge is 2.25. The van der Waals surface area contributed by atoms with E-state index in [-0.39, 0.29) is 22.9 Å². The molecule has 0 fully saturated rings. The first-order chi connectivity index (χ1) is 12.5. The molecule has 0 saturated heterocycles. The fraction of sp³-hybridized carbons (Fsp3) is 0.238. The van der Waals surface area contributed by atoms with E-state index in [1.54, 1.807) is 6.20 Å². The number of amides is 1. The van der Waals surface area contributed by atoms with Gasteiger partial charge in [-0.3, -0.25) is 9.59 Å². The molecule has 0 bridgehead atoms. The molecule has 2 heterocycles. The summed E-state index contributed by atoms with van der Waals surface area (Å²) in [6.07, 6.45) is 3.38. The van der Waals surface area contributed by atoms with E-state index < -0.39 is 0 Å². The fourth-order valence-corrected chi connectivity index (χ4v) is 4.27. The number of nitrogens with one attached hydrogen (secondary N) is 1. The zero-order valence-electron chi connectivity index (χ0n) is 14.7. The molecule has 4 rings (SSSR count). The summed E-state index contributed by atoms with van der Waals surface area (Å²) in [5.41, 5.74) is 3.84. The Balaban J connectivity index is 1.84. The van der Waals surface area contributed by atoms with Crippen LogP contribution in [0.3, 0.4) is 0 Å². The lowest BCUT2D eigenvalue weighted by molar-refractivity contribution is 0.102. The minimum Gasteiger partial charge on any atom is -0.343 e. The highest BCUT2D eigenvalue weighted by Crippen LogP contribution is 2.33. The molecule has 0 aliphatic carbocycles. The summed E-state index contributed by atoms with van der Waals surface area (Å²) in [7, 11) is 0. The maximum absolute atomic E-state index is 13.0. The number of hydrogen-bond donors (Lipinski definition) is 1. The van der Waals surface area contributed by atoms with Gasteiger partial charge in [0.25, 0.3) is 5.91 Å². The average molecular weight is 411 g/mol. The van der Waals surface area contributed by atoms with Crippen LogP contribution in [0.25, 0.3) is 10.9 Å². The monoisotopic (exact) mass is 410 g/mol. The van der Waals surface area contributed by atoms with Crippen molar-refractivity contribution >= 4 is 38.4 Å². The topological polar surface area (TPSA) is 51.1 Å². The summed E-state index contributed by atoms with van der Waals surface area (Å²) in [5.74, 6) is -0.359. The lowest BCUT2D eigenvalue weighted by Crippen LogP contribution is -2.24. The third-order valence-electron chi connectivity index (χ3n) is 5.05. The number of halogens is 1. The molecular weight excluding hydrogens is 392 g/mol. The minimum absolute atomic E-state index is 0.182. The number of hydrogen-bond acceptors (Lipinski definition) is 2. The molecule has 1 aromatic heterocycles. The van der Waals surface area contributed by atoms with Crippen molar-refractivity contribution < 1.29 is 4.79 Å². The number of anilines is 1. The molecule has 0 spiro atoms. The van der Waals surface area contributed by atoms with Gasteiger partial charge in [0.1, 0.15) is 5.56 Å². The van der Waals surface area contributed by atoms with Gasteiger partial charge in [-0.15, -0.1) is 0 Å². The van der Waals surface area contributed by atoms with Gasteiger partial charge in [-0.2, -0.15) is 0 Å². The molecule has 1 N–H and O–H groups in total. The summed E-state index contributed by atoms with van der Waals surface area (Å²) in [5, 5.41) is 3.51. The molecule has 2 aromatic carbocycles. The summed E-state index contributed by atoms with van der Waals surface area (Å²) in [6.45, 7) is 4.14. The first-order valence-corrected chi connectivity index (χ1v) is 9.55. The predicted molar refractivity (Wildman–Crippen MR) is 108 cm³/mol. The van der Waals surface area contributed by atoms with E-state index in [4.69, 9.17) is 0 Å². The van der Waals surface area contributed by atoms with Gasteiger partial charge < -0.3 is 9.88 Å². The molecule has 1 aliphatic rings. The van der Waals surface area contributed by atoms with E-state index in [1.807, 2.05) is 37.3 Å². The number of para-hydroxylation sites is 1. The number of aromatic nitrogens is 1. The molecule has 3 aromatic rings. The standard InChI is InChI=1S/C21H19BrN2O2/c1-3-13-6-4-5-7-18(13)23-21(26)17-11-24-12(2)8-14-9-15(22)10-16(19(14)24)20(17)25/h4-7,9-12H,3,8H2,1-2H3,(H,23,26)/t12-/m1/s1.